The van der Waals surface area contributed by atoms with Gasteiger partial charge in [0.05, 0.1) is 4.90 Å². The lowest BCUT2D eigenvalue weighted by Gasteiger charge is -2.28. The van der Waals surface area contributed by atoms with E-state index in [1.54, 1.807) is 0 Å². The second kappa shape index (κ2) is 7.84. The molecule has 2 rings (SSSR count). The van der Waals surface area contributed by atoms with Crippen LogP contribution >= 0.6 is 0 Å². The highest BCUT2D eigenvalue weighted by Gasteiger charge is 2.26. The van der Waals surface area contributed by atoms with E-state index >= 15 is 0 Å². The number of rotatable bonds is 5. The van der Waals surface area contributed by atoms with Gasteiger partial charge in [0.25, 0.3) is 0 Å². The van der Waals surface area contributed by atoms with Gasteiger partial charge in [0, 0.05) is 6.54 Å². The summed E-state index contributed by atoms with van der Waals surface area (Å²) < 4.78 is 40.3. The fourth-order valence-corrected chi connectivity index (χ4v) is 4.04. The van der Waals surface area contributed by atoms with E-state index in [-0.39, 0.29) is 22.3 Å². The van der Waals surface area contributed by atoms with Crippen LogP contribution in [0.3, 0.4) is 0 Å². The Kier molecular flexibility index (Phi) is 6.26. The zero-order valence-electron chi connectivity index (χ0n) is 17.4. The fraction of sp³-hybridized carbons (Fsp3) is 0.455. The van der Waals surface area contributed by atoms with Gasteiger partial charge in [0.2, 0.25) is 10.0 Å². The van der Waals surface area contributed by atoms with Crippen LogP contribution in [0.2, 0.25) is 0 Å². The predicted molar refractivity (Wildman–Crippen MR) is 111 cm³/mol. The summed E-state index contributed by atoms with van der Waals surface area (Å²) in [4.78, 5) is 0.0327. The zero-order chi connectivity index (χ0) is 21.3. The van der Waals surface area contributed by atoms with Crippen molar-refractivity contribution >= 4 is 10.0 Å². The lowest BCUT2D eigenvalue weighted by Crippen LogP contribution is -2.26. The quantitative estimate of drug-likeness (QED) is 0.758. The van der Waals surface area contributed by atoms with Gasteiger partial charge in [0.1, 0.15) is 11.6 Å². The Morgan fingerprint density at radius 1 is 0.929 bits per heavy atom. The second-order valence-electron chi connectivity index (χ2n) is 9.14. The maximum atomic E-state index is 13.0. The molecular weight excluding hydrogens is 377 g/mol. The van der Waals surface area contributed by atoms with Gasteiger partial charge in [-0.1, -0.05) is 53.7 Å². The van der Waals surface area contributed by atoms with Crippen LogP contribution in [0.1, 0.15) is 58.2 Å². The Hall–Kier alpha value is -1.92. The zero-order valence-corrected chi connectivity index (χ0v) is 18.2. The van der Waals surface area contributed by atoms with E-state index in [4.69, 9.17) is 0 Å². The molecule has 0 atom stereocenters. The van der Waals surface area contributed by atoms with Gasteiger partial charge >= 0.3 is 0 Å². The summed E-state index contributed by atoms with van der Waals surface area (Å²) in [6.07, 6.45) is 0.479. The lowest BCUT2D eigenvalue weighted by atomic mass is 9.78. The van der Waals surface area contributed by atoms with Gasteiger partial charge in [-0.05, 0) is 58.2 Å². The van der Waals surface area contributed by atoms with E-state index in [0.717, 1.165) is 28.8 Å². The van der Waals surface area contributed by atoms with E-state index < -0.39 is 15.8 Å². The average Bonchev–Trinajstić information content (AvgIpc) is 2.54. The maximum absolute atomic E-state index is 13.0. The molecule has 0 spiro atoms. The first-order chi connectivity index (χ1) is 12.7. The third-order valence-electron chi connectivity index (χ3n) is 4.62. The molecule has 0 aliphatic rings. The summed E-state index contributed by atoms with van der Waals surface area (Å²) in [5.41, 5.74) is 2.16. The number of halogens is 1. The van der Waals surface area contributed by atoms with Crippen LogP contribution < -0.4 is 4.72 Å². The second-order valence-corrected chi connectivity index (χ2v) is 10.9. The van der Waals surface area contributed by atoms with Gasteiger partial charge in [-0.3, -0.25) is 0 Å². The third kappa shape index (κ3) is 5.32. The molecule has 0 saturated heterocycles. The molecule has 0 aromatic heterocycles. The highest BCUT2D eigenvalue weighted by atomic mass is 32.2. The van der Waals surface area contributed by atoms with Crippen molar-refractivity contribution < 1.29 is 17.9 Å². The first kappa shape index (κ1) is 22.4. The summed E-state index contributed by atoms with van der Waals surface area (Å²) in [5.74, 6) is -0.178. The van der Waals surface area contributed by atoms with Gasteiger partial charge in [-0.15, -0.1) is 0 Å². The van der Waals surface area contributed by atoms with Crippen molar-refractivity contribution in [1.82, 2.24) is 4.72 Å². The smallest absolute Gasteiger partial charge is 0.240 e. The number of phenolic OH excluding ortho intramolecular Hbond substituents is 1. The van der Waals surface area contributed by atoms with Crippen molar-refractivity contribution in [3.63, 3.8) is 0 Å². The summed E-state index contributed by atoms with van der Waals surface area (Å²) in [6, 6.07) is 8.62. The summed E-state index contributed by atoms with van der Waals surface area (Å²) >= 11 is 0. The number of benzene rings is 2. The molecule has 0 unspecified atom stereocenters. The van der Waals surface area contributed by atoms with Crippen molar-refractivity contribution in [2.75, 3.05) is 6.54 Å². The molecule has 0 fully saturated rings. The average molecular weight is 408 g/mol. The largest absolute Gasteiger partial charge is 0.507 e. The standard InChI is InChI=1S/C22H30FNO3S/c1-21(2,3)18-13-15(14-19(20(18)25)22(4,5)6)11-12-24-28(26,27)17-9-7-16(23)8-10-17/h7-10,13-14,24-25H,11-12H2,1-6H3. The van der Waals surface area contributed by atoms with Crippen molar-refractivity contribution in [3.05, 3.63) is 58.9 Å². The van der Waals surface area contributed by atoms with Crippen LogP contribution in [0.25, 0.3) is 0 Å². The highest BCUT2D eigenvalue weighted by Crippen LogP contribution is 2.39. The molecule has 4 nitrogen and oxygen atoms in total. The van der Waals surface area contributed by atoms with E-state index in [9.17, 15) is 17.9 Å². The fourth-order valence-electron chi connectivity index (χ4n) is 3.01. The summed E-state index contributed by atoms with van der Waals surface area (Å²) in [7, 11) is -3.70. The minimum Gasteiger partial charge on any atom is -0.507 e. The van der Waals surface area contributed by atoms with Crippen LogP contribution in [0.4, 0.5) is 4.39 Å². The number of aromatic hydroxyl groups is 1. The van der Waals surface area contributed by atoms with Crippen LogP contribution in [-0.2, 0) is 27.3 Å². The van der Waals surface area contributed by atoms with Crippen molar-refractivity contribution in [2.24, 2.45) is 0 Å². The first-order valence-corrected chi connectivity index (χ1v) is 10.8. The third-order valence-corrected chi connectivity index (χ3v) is 6.09. The predicted octanol–water partition coefficient (Wildman–Crippen LogP) is 4.65. The van der Waals surface area contributed by atoms with Crippen LogP contribution in [-0.4, -0.2) is 20.1 Å². The summed E-state index contributed by atoms with van der Waals surface area (Å²) in [5, 5.41) is 10.8. The molecule has 0 radical (unpaired) electrons. The van der Waals surface area contributed by atoms with E-state index in [2.05, 4.69) is 4.72 Å². The Labute approximate surface area is 167 Å². The molecule has 0 saturated carbocycles. The first-order valence-electron chi connectivity index (χ1n) is 9.34. The normalized spacial score (nSPS) is 13.0. The number of phenols is 1. The van der Waals surface area contributed by atoms with Gasteiger partial charge in [-0.25, -0.2) is 17.5 Å². The Morgan fingerprint density at radius 3 is 1.82 bits per heavy atom. The number of hydrogen-bond acceptors (Lipinski definition) is 3. The number of sulfonamides is 1. The monoisotopic (exact) mass is 407 g/mol. The van der Waals surface area contributed by atoms with E-state index in [0.29, 0.717) is 12.2 Å². The molecule has 0 heterocycles. The van der Waals surface area contributed by atoms with Gasteiger partial charge in [-0.2, -0.15) is 0 Å². The molecule has 154 valence electrons. The minimum atomic E-state index is -3.70. The molecular formula is C22H30FNO3S. The van der Waals surface area contributed by atoms with Crippen LogP contribution in [0.5, 0.6) is 5.75 Å². The lowest BCUT2D eigenvalue weighted by molar-refractivity contribution is 0.422. The molecule has 0 aliphatic heterocycles. The van der Waals surface area contributed by atoms with Crippen LogP contribution in [0, 0.1) is 5.82 Å². The SMILES string of the molecule is CC(C)(C)c1cc(CCNS(=O)(=O)c2ccc(F)cc2)cc(C(C)(C)C)c1O. The molecule has 2 aromatic carbocycles. The van der Waals surface area contributed by atoms with E-state index in [1.165, 1.54) is 12.1 Å². The maximum Gasteiger partial charge on any atom is 0.240 e. The van der Waals surface area contributed by atoms with Crippen molar-refractivity contribution in [2.45, 2.75) is 63.7 Å². The van der Waals surface area contributed by atoms with E-state index in [1.807, 2.05) is 53.7 Å². The Bertz CT molecular complexity index is 902. The van der Waals surface area contributed by atoms with Gasteiger partial charge < -0.3 is 5.11 Å². The highest BCUT2D eigenvalue weighted by molar-refractivity contribution is 7.89. The topological polar surface area (TPSA) is 66.4 Å². The Morgan fingerprint density at radius 2 is 1.39 bits per heavy atom. The Balaban J connectivity index is 2.25. The molecule has 0 amide bonds. The molecule has 6 heteroatoms. The molecule has 28 heavy (non-hydrogen) atoms. The molecule has 0 bridgehead atoms. The number of nitrogens with one attached hydrogen (secondary N) is 1. The number of hydrogen-bond donors (Lipinski definition) is 2. The van der Waals surface area contributed by atoms with Crippen molar-refractivity contribution in [3.8, 4) is 5.75 Å². The van der Waals surface area contributed by atoms with Crippen LogP contribution in [0.15, 0.2) is 41.3 Å². The molecule has 2 aromatic rings. The molecule has 0 aliphatic carbocycles. The molecule has 2 N–H and O–H groups in total. The van der Waals surface area contributed by atoms with Crippen molar-refractivity contribution in [1.29, 1.82) is 0 Å². The van der Waals surface area contributed by atoms with Gasteiger partial charge in [0.15, 0.2) is 0 Å². The summed E-state index contributed by atoms with van der Waals surface area (Å²) in [6.45, 7) is 12.4. The minimum absolute atomic E-state index is 0.0327.